The van der Waals surface area contributed by atoms with Crippen molar-refractivity contribution in [1.82, 2.24) is 9.78 Å². The molecule has 0 unspecified atom stereocenters. The van der Waals surface area contributed by atoms with Gasteiger partial charge in [0.15, 0.2) is 0 Å². The lowest BCUT2D eigenvalue weighted by molar-refractivity contribution is 0.625. The molecule has 0 aliphatic rings. The smallest absolute Gasteiger partial charge is 0.130 e. The van der Waals surface area contributed by atoms with Crippen LogP contribution in [0.15, 0.2) is 30.5 Å². The molecular weight excluding hydrogens is 181 g/mol. The Balaban J connectivity index is 2.55. The Morgan fingerprint density at radius 3 is 2.79 bits per heavy atom. The number of rotatable bonds is 1. The molecule has 0 spiro atoms. The fourth-order valence-corrected chi connectivity index (χ4v) is 1.25. The third-order valence-electron chi connectivity index (χ3n) is 2.05. The summed E-state index contributed by atoms with van der Waals surface area (Å²) in [5.41, 5.74) is 7.28. The van der Waals surface area contributed by atoms with Crippen molar-refractivity contribution in [3.8, 4) is 5.69 Å². The van der Waals surface area contributed by atoms with E-state index >= 15 is 0 Å². The van der Waals surface area contributed by atoms with E-state index in [2.05, 4.69) is 5.10 Å². The standard InChI is InChI=1S/C10H10FN3/c1-7-6-13-14(10(7)12)9-4-2-3-8(11)5-9/h2-6H,12H2,1H3. The van der Waals surface area contributed by atoms with E-state index in [1.807, 2.05) is 6.92 Å². The van der Waals surface area contributed by atoms with Gasteiger partial charge in [0.25, 0.3) is 0 Å². The summed E-state index contributed by atoms with van der Waals surface area (Å²) < 4.78 is 14.4. The van der Waals surface area contributed by atoms with Gasteiger partial charge in [0, 0.05) is 5.56 Å². The van der Waals surface area contributed by atoms with Crippen LogP contribution in [0.25, 0.3) is 5.69 Å². The molecule has 1 aromatic carbocycles. The van der Waals surface area contributed by atoms with Gasteiger partial charge in [-0.3, -0.25) is 0 Å². The van der Waals surface area contributed by atoms with Crippen LogP contribution in [0.3, 0.4) is 0 Å². The van der Waals surface area contributed by atoms with Crippen LogP contribution in [0.1, 0.15) is 5.56 Å². The number of hydrogen-bond donors (Lipinski definition) is 1. The Hall–Kier alpha value is -1.84. The summed E-state index contributed by atoms with van der Waals surface area (Å²) in [6, 6.07) is 6.16. The van der Waals surface area contributed by atoms with Gasteiger partial charge in [0.1, 0.15) is 11.6 Å². The molecule has 2 N–H and O–H groups in total. The molecule has 2 rings (SSSR count). The number of nitrogens with zero attached hydrogens (tertiary/aromatic N) is 2. The second kappa shape index (κ2) is 3.14. The minimum atomic E-state index is -0.296. The predicted molar refractivity (Wildman–Crippen MR) is 52.7 cm³/mol. The van der Waals surface area contributed by atoms with Crippen molar-refractivity contribution >= 4 is 5.82 Å². The molecule has 0 aliphatic carbocycles. The molecule has 14 heavy (non-hydrogen) atoms. The third-order valence-corrected chi connectivity index (χ3v) is 2.05. The van der Waals surface area contributed by atoms with E-state index in [1.54, 1.807) is 18.3 Å². The summed E-state index contributed by atoms with van der Waals surface area (Å²) in [7, 11) is 0. The van der Waals surface area contributed by atoms with Crippen LogP contribution in [0.5, 0.6) is 0 Å². The van der Waals surface area contributed by atoms with Crippen LogP contribution in [-0.4, -0.2) is 9.78 Å². The monoisotopic (exact) mass is 191 g/mol. The van der Waals surface area contributed by atoms with Crippen LogP contribution < -0.4 is 5.73 Å². The molecule has 0 saturated carbocycles. The SMILES string of the molecule is Cc1cnn(-c2cccc(F)c2)c1N. The first-order valence-electron chi connectivity index (χ1n) is 4.24. The average molecular weight is 191 g/mol. The quantitative estimate of drug-likeness (QED) is 0.748. The van der Waals surface area contributed by atoms with Crippen LogP contribution in [0.4, 0.5) is 10.2 Å². The number of nitrogen functional groups attached to an aromatic ring is 1. The van der Waals surface area contributed by atoms with E-state index < -0.39 is 0 Å². The van der Waals surface area contributed by atoms with Gasteiger partial charge in [-0.2, -0.15) is 5.10 Å². The Bertz CT molecular complexity index is 462. The molecule has 72 valence electrons. The molecule has 0 amide bonds. The number of benzene rings is 1. The van der Waals surface area contributed by atoms with Crippen molar-refractivity contribution in [2.75, 3.05) is 5.73 Å². The lowest BCUT2D eigenvalue weighted by Crippen LogP contribution is -2.02. The molecule has 1 aromatic heterocycles. The average Bonchev–Trinajstić information content (AvgIpc) is 2.48. The maximum Gasteiger partial charge on any atom is 0.130 e. The molecule has 0 atom stereocenters. The normalized spacial score (nSPS) is 10.4. The first-order valence-corrected chi connectivity index (χ1v) is 4.24. The van der Waals surface area contributed by atoms with E-state index in [0.29, 0.717) is 11.5 Å². The van der Waals surface area contributed by atoms with Gasteiger partial charge >= 0.3 is 0 Å². The van der Waals surface area contributed by atoms with E-state index in [-0.39, 0.29) is 5.82 Å². The van der Waals surface area contributed by atoms with E-state index in [1.165, 1.54) is 16.8 Å². The minimum absolute atomic E-state index is 0.296. The summed E-state index contributed by atoms with van der Waals surface area (Å²) in [5.74, 6) is 0.241. The molecule has 1 heterocycles. The zero-order valence-electron chi connectivity index (χ0n) is 7.74. The maximum atomic E-state index is 12.9. The molecular formula is C10H10FN3. The van der Waals surface area contributed by atoms with Crippen molar-refractivity contribution < 1.29 is 4.39 Å². The van der Waals surface area contributed by atoms with Gasteiger partial charge in [-0.05, 0) is 25.1 Å². The zero-order valence-corrected chi connectivity index (χ0v) is 7.74. The highest BCUT2D eigenvalue weighted by atomic mass is 19.1. The van der Waals surface area contributed by atoms with Gasteiger partial charge < -0.3 is 5.73 Å². The van der Waals surface area contributed by atoms with Crippen molar-refractivity contribution in [3.05, 3.63) is 41.8 Å². The van der Waals surface area contributed by atoms with Gasteiger partial charge in [-0.15, -0.1) is 0 Å². The molecule has 0 radical (unpaired) electrons. The molecule has 0 bridgehead atoms. The first kappa shape index (κ1) is 8.74. The maximum absolute atomic E-state index is 12.9. The molecule has 0 saturated heterocycles. The minimum Gasteiger partial charge on any atom is -0.383 e. The number of aromatic nitrogens is 2. The molecule has 0 fully saturated rings. The largest absolute Gasteiger partial charge is 0.383 e. The summed E-state index contributed by atoms with van der Waals surface area (Å²) >= 11 is 0. The van der Waals surface area contributed by atoms with Crippen molar-refractivity contribution in [2.45, 2.75) is 6.92 Å². The highest BCUT2D eigenvalue weighted by Crippen LogP contribution is 2.16. The lowest BCUT2D eigenvalue weighted by Gasteiger charge is -2.03. The fourth-order valence-electron chi connectivity index (χ4n) is 1.25. The Morgan fingerprint density at radius 2 is 2.21 bits per heavy atom. The fraction of sp³-hybridized carbons (Fsp3) is 0.100. The highest BCUT2D eigenvalue weighted by molar-refractivity contribution is 5.46. The van der Waals surface area contributed by atoms with Crippen molar-refractivity contribution in [3.63, 3.8) is 0 Å². The summed E-state index contributed by atoms with van der Waals surface area (Å²) in [6.07, 6.45) is 1.65. The van der Waals surface area contributed by atoms with Crippen molar-refractivity contribution in [2.24, 2.45) is 0 Å². The number of aryl methyl sites for hydroxylation is 1. The van der Waals surface area contributed by atoms with E-state index in [4.69, 9.17) is 5.73 Å². The number of anilines is 1. The number of nitrogens with two attached hydrogens (primary N) is 1. The number of halogens is 1. The van der Waals surface area contributed by atoms with Crippen molar-refractivity contribution in [1.29, 1.82) is 0 Å². The Labute approximate surface area is 81.0 Å². The summed E-state index contributed by atoms with van der Waals surface area (Å²) in [4.78, 5) is 0. The summed E-state index contributed by atoms with van der Waals surface area (Å²) in [6.45, 7) is 1.86. The Morgan fingerprint density at radius 1 is 1.43 bits per heavy atom. The second-order valence-electron chi connectivity index (χ2n) is 3.10. The predicted octanol–water partition coefficient (Wildman–Crippen LogP) is 1.90. The topological polar surface area (TPSA) is 43.8 Å². The van der Waals surface area contributed by atoms with Crippen LogP contribution in [0.2, 0.25) is 0 Å². The third kappa shape index (κ3) is 1.35. The van der Waals surface area contributed by atoms with Crippen LogP contribution in [-0.2, 0) is 0 Å². The molecule has 3 nitrogen and oxygen atoms in total. The van der Waals surface area contributed by atoms with Gasteiger partial charge in [-0.25, -0.2) is 9.07 Å². The van der Waals surface area contributed by atoms with Gasteiger partial charge in [0.2, 0.25) is 0 Å². The highest BCUT2D eigenvalue weighted by Gasteiger charge is 2.05. The second-order valence-corrected chi connectivity index (χ2v) is 3.10. The molecule has 2 aromatic rings. The first-order chi connectivity index (χ1) is 6.68. The Kier molecular flexibility index (Phi) is 1.96. The van der Waals surface area contributed by atoms with E-state index in [9.17, 15) is 4.39 Å². The molecule has 0 aliphatic heterocycles. The zero-order chi connectivity index (χ0) is 10.1. The lowest BCUT2D eigenvalue weighted by atomic mass is 10.3. The van der Waals surface area contributed by atoms with Crippen LogP contribution in [0, 0.1) is 12.7 Å². The summed E-state index contributed by atoms with van der Waals surface area (Å²) in [5, 5.41) is 4.05. The van der Waals surface area contributed by atoms with Gasteiger partial charge in [0.05, 0.1) is 11.9 Å². The van der Waals surface area contributed by atoms with Gasteiger partial charge in [-0.1, -0.05) is 6.07 Å². The molecule has 4 heteroatoms. The van der Waals surface area contributed by atoms with Crippen LogP contribution >= 0.6 is 0 Å². The number of hydrogen-bond acceptors (Lipinski definition) is 2. The van der Waals surface area contributed by atoms with E-state index in [0.717, 1.165) is 5.56 Å².